The first-order valence-corrected chi connectivity index (χ1v) is 8.03. The molecule has 1 saturated carbocycles. The molecule has 0 unspecified atom stereocenters. The first kappa shape index (κ1) is 15.6. The molecule has 0 amide bonds. The largest absolute Gasteiger partial charge is 0.409 e. The van der Waals surface area contributed by atoms with Crippen molar-refractivity contribution < 1.29 is 5.21 Å². The Kier molecular flexibility index (Phi) is 5.27. The number of nitrogens with zero attached hydrogens (tertiary/aromatic N) is 3. The fourth-order valence-corrected chi connectivity index (χ4v) is 3.55. The van der Waals surface area contributed by atoms with Gasteiger partial charge in [-0.25, -0.2) is 0 Å². The maximum atomic E-state index is 8.91. The van der Waals surface area contributed by atoms with Crippen molar-refractivity contribution in [1.29, 1.82) is 0 Å². The zero-order chi connectivity index (χ0) is 14.6. The van der Waals surface area contributed by atoms with Crippen LogP contribution in [0.15, 0.2) is 5.16 Å². The van der Waals surface area contributed by atoms with Gasteiger partial charge in [-0.15, -0.1) is 0 Å². The van der Waals surface area contributed by atoms with E-state index in [0.29, 0.717) is 5.84 Å². The molecule has 116 valence electrons. The average molecular weight is 282 g/mol. The van der Waals surface area contributed by atoms with E-state index in [4.69, 9.17) is 10.9 Å². The van der Waals surface area contributed by atoms with Gasteiger partial charge in [0.05, 0.1) is 5.54 Å². The van der Waals surface area contributed by atoms with E-state index in [1.807, 2.05) is 13.8 Å². The van der Waals surface area contributed by atoms with Gasteiger partial charge in [-0.2, -0.15) is 0 Å². The minimum atomic E-state index is -0.357. The van der Waals surface area contributed by atoms with Crippen LogP contribution in [-0.2, 0) is 0 Å². The summed E-state index contributed by atoms with van der Waals surface area (Å²) in [4.78, 5) is 4.99. The number of nitrogens with two attached hydrogens (primary N) is 1. The van der Waals surface area contributed by atoms with Crippen LogP contribution in [0.5, 0.6) is 0 Å². The van der Waals surface area contributed by atoms with Gasteiger partial charge in [-0.1, -0.05) is 30.8 Å². The minimum Gasteiger partial charge on any atom is -0.409 e. The molecule has 3 N–H and O–H groups in total. The Hall–Kier alpha value is -0.810. The maximum absolute atomic E-state index is 8.91. The van der Waals surface area contributed by atoms with Crippen LogP contribution >= 0.6 is 0 Å². The van der Waals surface area contributed by atoms with Crippen LogP contribution < -0.4 is 5.73 Å². The van der Waals surface area contributed by atoms with Crippen molar-refractivity contribution in [1.82, 2.24) is 9.80 Å². The summed E-state index contributed by atoms with van der Waals surface area (Å²) in [7, 11) is 0. The Labute approximate surface area is 122 Å². The SMILES string of the molecule is CC(C)(C(N)=NO)N1CCN(C2CCCCCC2)CC1. The van der Waals surface area contributed by atoms with Gasteiger partial charge >= 0.3 is 0 Å². The van der Waals surface area contributed by atoms with E-state index >= 15 is 0 Å². The van der Waals surface area contributed by atoms with Crippen molar-refractivity contribution in [3.8, 4) is 0 Å². The number of oxime groups is 1. The summed E-state index contributed by atoms with van der Waals surface area (Å²) in [5.41, 5.74) is 5.47. The molecule has 2 fully saturated rings. The Morgan fingerprint density at radius 3 is 2.10 bits per heavy atom. The molecule has 0 spiro atoms. The lowest BCUT2D eigenvalue weighted by Gasteiger charge is -2.45. The molecule has 2 aliphatic rings. The van der Waals surface area contributed by atoms with E-state index in [1.54, 1.807) is 0 Å². The summed E-state index contributed by atoms with van der Waals surface area (Å²) in [6, 6.07) is 0.784. The molecular formula is C15H30N4O. The van der Waals surface area contributed by atoms with Gasteiger partial charge in [0, 0.05) is 32.2 Å². The predicted molar refractivity (Wildman–Crippen MR) is 82.1 cm³/mol. The topological polar surface area (TPSA) is 65.1 Å². The standard InChI is InChI=1S/C15H30N4O/c1-15(2,14(16)17-20)19-11-9-18(10-12-19)13-7-5-3-4-6-8-13/h13,20H,3-12H2,1-2H3,(H2,16,17). The van der Waals surface area contributed by atoms with Gasteiger partial charge < -0.3 is 10.9 Å². The van der Waals surface area contributed by atoms with Crippen molar-refractivity contribution >= 4 is 5.84 Å². The second-order valence-electron chi connectivity index (χ2n) is 6.71. The third kappa shape index (κ3) is 3.44. The van der Waals surface area contributed by atoms with Gasteiger partial charge in [-0.3, -0.25) is 9.80 Å². The highest BCUT2D eigenvalue weighted by Gasteiger charge is 2.35. The normalized spacial score (nSPS) is 25.6. The molecule has 0 atom stereocenters. The monoisotopic (exact) mass is 282 g/mol. The van der Waals surface area contributed by atoms with Crippen LogP contribution in [0.1, 0.15) is 52.4 Å². The van der Waals surface area contributed by atoms with E-state index in [0.717, 1.165) is 32.2 Å². The average Bonchev–Trinajstić information content (AvgIpc) is 2.75. The highest BCUT2D eigenvalue weighted by Crippen LogP contribution is 2.24. The van der Waals surface area contributed by atoms with Crippen molar-refractivity contribution in [2.45, 2.75) is 64.0 Å². The van der Waals surface area contributed by atoms with Gasteiger partial charge in [0.2, 0.25) is 0 Å². The Morgan fingerprint density at radius 2 is 1.60 bits per heavy atom. The Balaban J connectivity index is 1.88. The number of hydrogen-bond acceptors (Lipinski definition) is 4. The second-order valence-corrected chi connectivity index (χ2v) is 6.71. The molecule has 0 bridgehead atoms. The number of hydrogen-bond donors (Lipinski definition) is 2. The van der Waals surface area contributed by atoms with Crippen molar-refractivity contribution in [2.75, 3.05) is 26.2 Å². The van der Waals surface area contributed by atoms with Crippen LogP contribution in [0.4, 0.5) is 0 Å². The molecule has 5 nitrogen and oxygen atoms in total. The van der Waals surface area contributed by atoms with E-state index in [1.165, 1.54) is 38.5 Å². The summed E-state index contributed by atoms with van der Waals surface area (Å²) in [6.07, 6.45) is 8.33. The van der Waals surface area contributed by atoms with E-state index < -0.39 is 0 Å². The summed E-state index contributed by atoms with van der Waals surface area (Å²) < 4.78 is 0. The summed E-state index contributed by atoms with van der Waals surface area (Å²) in [5.74, 6) is 0.306. The summed E-state index contributed by atoms with van der Waals surface area (Å²) >= 11 is 0. The number of rotatable bonds is 3. The third-order valence-corrected chi connectivity index (χ3v) is 5.18. The van der Waals surface area contributed by atoms with E-state index in [9.17, 15) is 0 Å². The van der Waals surface area contributed by atoms with Crippen LogP contribution in [0.3, 0.4) is 0 Å². The molecule has 2 rings (SSSR count). The predicted octanol–water partition coefficient (Wildman–Crippen LogP) is 1.85. The number of amidine groups is 1. The third-order valence-electron chi connectivity index (χ3n) is 5.18. The lowest BCUT2D eigenvalue weighted by molar-refractivity contribution is 0.0545. The lowest BCUT2D eigenvalue weighted by Crippen LogP contribution is -2.60. The van der Waals surface area contributed by atoms with Crippen molar-refractivity contribution in [3.05, 3.63) is 0 Å². The van der Waals surface area contributed by atoms with Gasteiger partial charge in [0.25, 0.3) is 0 Å². The second kappa shape index (κ2) is 6.76. The van der Waals surface area contributed by atoms with Crippen molar-refractivity contribution in [2.24, 2.45) is 10.9 Å². The molecule has 0 radical (unpaired) electrons. The molecule has 0 aromatic carbocycles. The van der Waals surface area contributed by atoms with Gasteiger partial charge in [0.1, 0.15) is 0 Å². The smallest absolute Gasteiger partial charge is 0.159 e. The summed E-state index contributed by atoms with van der Waals surface area (Å²) in [5, 5.41) is 12.1. The van der Waals surface area contributed by atoms with Crippen molar-refractivity contribution in [3.63, 3.8) is 0 Å². The lowest BCUT2D eigenvalue weighted by atomic mass is 9.99. The Bertz CT molecular complexity index is 327. The Morgan fingerprint density at radius 1 is 1.05 bits per heavy atom. The zero-order valence-corrected chi connectivity index (χ0v) is 13.0. The van der Waals surface area contributed by atoms with E-state index in [2.05, 4.69) is 15.0 Å². The quantitative estimate of drug-likeness (QED) is 0.273. The van der Waals surface area contributed by atoms with Gasteiger partial charge in [0.15, 0.2) is 5.84 Å². The fraction of sp³-hybridized carbons (Fsp3) is 0.933. The summed E-state index contributed by atoms with van der Waals surface area (Å²) in [6.45, 7) is 8.27. The molecule has 1 aliphatic carbocycles. The first-order valence-electron chi connectivity index (χ1n) is 8.03. The molecule has 5 heteroatoms. The molecule has 20 heavy (non-hydrogen) atoms. The highest BCUT2D eigenvalue weighted by molar-refractivity contribution is 5.88. The molecular weight excluding hydrogens is 252 g/mol. The fourth-order valence-electron chi connectivity index (χ4n) is 3.55. The van der Waals surface area contributed by atoms with Crippen LogP contribution in [0.25, 0.3) is 0 Å². The molecule has 1 heterocycles. The van der Waals surface area contributed by atoms with Gasteiger partial charge in [-0.05, 0) is 26.7 Å². The molecule has 1 aliphatic heterocycles. The van der Waals surface area contributed by atoms with E-state index in [-0.39, 0.29) is 5.54 Å². The maximum Gasteiger partial charge on any atom is 0.159 e. The first-order chi connectivity index (χ1) is 9.55. The number of piperazine rings is 1. The minimum absolute atomic E-state index is 0.306. The highest BCUT2D eigenvalue weighted by atomic mass is 16.4. The van der Waals surface area contributed by atoms with Crippen LogP contribution in [0.2, 0.25) is 0 Å². The molecule has 0 aromatic heterocycles. The molecule has 0 aromatic rings. The molecule has 1 saturated heterocycles. The zero-order valence-electron chi connectivity index (χ0n) is 13.0. The van der Waals surface area contributed by atoms with Crippen LogP contribution in [-0.4, -0.2) is 58.6 Å². The van der Waals surface area contributed by atoms with Crippen LogP contribution in [0, 0.1) is 0 Å².